The first-order valence-corrected chi connectivity index (χ1v) is 8.82. The van der Waals surface area contributed by atoms with Crippen LogP contribution in [0.15, 0.2) is 48.6 Å². The van der Waals surface area contributed by atoms with Crippen molar-refractivity contribution in [1.82, 2.24) is 0 Å². The molecule has 2 aliphatic rings. The molecule has 4 N–H and O–H groups in total. The molecule has 0 fully saturated rings. The number of rotatable bonds is 6. The second-order valence-electron chi connectivity index (χ2n) is 7.18. The van der Waals surface area contributed by atoms with Crippen molar-refractivity contribution in [3.05, 3.63) is 48.6 Å². The molecule has 0 aromatic carbocycles. The lowest BCUT2D eigenvalue weighted by Gasteiger charge is -2.52. The van der Waals surface area contributed by atoms with Gasteiger partial charge < -0.3 is 25.2 Å². The normalized spacial score (nSPS) is 39.2. The number of hydrogen-bond donors (Lipinski definition) is 4. The first-order chi connectivity index (χ1) is 11.7. The largest absolute Gasteiger partial charge is 0.393 e. The summed E-state index contributed by atoms with van der Waals surface area (Å²) < 4.78 is 6.48. The Morgan fingerprint density at radius 2 is 1.04 bits per heavy atom. The summed E-state index contributed by atoms with van der Waals surface area (Å²) in [4.78, 5) is 0. The zero-order chi connectivity index (χ0) is 18.8. The topological polar surface area (TPSA) is 90.2 Å². The molecule has 0 aliphatic heterocycles. The molecule has 140 valence electrons. The van der Waals surface area contributed by atoms with E-state index in [1.54, 1.807) is 76.3 Å². The van der Waals surface area contributed by atoms with E-state index < -0.39 is 47.5 Å². The Balaban J connectivity index is 2.55. The molecule has 0 aromatic heterocycles. The van der Waals surface area contributed by atoms with Crippen molar-refractivity contribution in [1.29, 1.82) is 0 Å². The molecule has 0 saturated carbocycles. The Morgan fingerprint density at radius 1 is 0.680 bits per heavy atom. The maximum Gasteiger partial charge on any atom is 0.122 e. The SMILES string of the molecule is CC(O)C1C=CC=CC1(OC1(C(C)O)C=CC=CC1C(C)O)C(C)O. The van der Waals surface area contributed by atoms with E-state index >= 15 is 0 Å². The molecule has 0 amide bonds. The fraction of sp³-hybridized carbons (Fsp3) is 0.600. The Morgan fingerprint density at radius 3 is 1.32 bits per heavy atom. The predicted molar refractivity (Wildman–Crippen MR) is 96.8 cm³/mol. The summed E-state index contributed by atoms with van der Waals surface area (Å²) in [6.45, 7) is 6.50. The molecule has 5 nitrogen and oxygen atoms in total. The minimum atomic E-state index is -1.23. The van der Waals surface area contributed by atoms with E-state index in [1.165, 1.54) is 0 Å². The van der Waals surface area contributed by atoms with Gasteiger partial charge >= 0.3 is 0 Å². The minimum absolute atomic E-state index is 0.498. The number of aliphatic hydroxyl groups is 4. The summed E-state index contributed by atoms with van der Waals surface area (Å²) in [5, 5.41) is 41.7. The average Bonchev–Trinajstić information content (AvgIpc) is 2.54. The summed E-state index contributed by atoms with van der Waals surface area (Å²) in [6.07, 6.45) is 10.8. The van der Waals surface area contributed by atoms with Crippen molar-refractivity contribution in [3.8, 4) is 0 Å². The van der Waals surface area contributed by atoms with E-state index in [9.17, 15) is 20.4 Å². The number of aliphatic hydroxyl groups excluding tert-OH is 4. The van der Waals surface area contributed by atoms with Crippen molar-refractivity contribution in [2.24, 2.45) is 11.8 Å². The Labute approximate surface area is 149 Å². The third-order valence-corrected chi connectivity index (χ3v) is 5.31. The van der Waals surface area contributed by atoms with E-state index in [4.69, 9.17) is 4.74 Å². The zero-order valence-electron chi connectivity index (χ0n) is 15.3. The molecule has 0 spiro atoms. The van der Waals surface area contributed by atoms with Gasteiger partial charge in [0.15, 0.2) is 0 Å². The van der Waals surface area contributed by atoms with Crippen LogP contribution in [0.2, 0.25) is 0 Å². The summed E-state index contributed by atoms with van der Waals surface area (Å²) in [5.41, 5.74) is -2.47. The lowest BCUT2D eigenvalue weighted by atomic mass is 9.72. The third-order valence-electron chi connectivity index (χ3n) is 5.31. The van der Waals surface area contributed by atoms with Crippen LogP contribution in [-0.4, -0.2) is 56.0 Å². The molecule has 0 aromatic rings. The van der Waals surface area contributed by atoms with E-state index in [0.717, 1.165) is 0 Å². The van der Waals surface area contributed by atoms with Crippen molar-refractivity contribution in [2.75, 3.05) is 0 Å². The molecule has 25 heavy (non-hydrogen) atoms. The Kier molecular flexibility index (Phi) is 6.07. The van der Waals surface area contributed by atoms with Crippen LogP contribution in [0.25, 0.3) is 0 Å². The van der Waals surface area contributed by atoms with Gasteiger partial charge in [0.2, 0.25) is 0 Å². The standard InChI is InChI=1S/C20H30O5/c1-13(21)17-9-5-7-11-19(17,15(3)23)25-20(16(4)24)12-8-6-10-18(20)14(2)22/h5-18,21-24H,1-4H3. The van der Waals surface area contributed by atoms with Crippen LogP contribution in [0, 0.1) is 11.8 Å². The highest BCUT2D eigenvalue weighted by Crippen LogP contribution is 2.44. The maximum absolute atomic E-state index is 10.6. The molecule has 0 radical (unpaired) electrons. The molecule has 8 atom stereocenters. The van der Waals surface area contributed by atoms with Crippen LogP contribution >= 0.6 is 0 Å². The van der Waals surface area contributed by atoms with Gasteiger partial charge in [-0.3, -0.25) is 0 Å². The van der Waals surface area contributed by atoms with Crippen LogP contribution in [-0.2, 0) is 4.74 Å². The van der Waals surface area contributed by atoms with Gasteiger partial charge in [-0.25, -0.2) is 0 Å². The van der Waals surface area contributed by atoms with Gasteiger partial charge in [0, 0.05) is 11.8 Å². The molecule has 0 saturated heterocycles. The molecular formula is C20H30O5. The van der Waals surface area contributed by atoms with E-state index in [0.29, 0.717) is 0 Å². The first kappa shape index (κ1) is 20.1. The summed E-state index contributed by atoms with van der Waals surface area (Å²) >= 11 is 0. The van der Waals surface area contributed by atoms with Gasteiger partial charge in [0.1, 0.15) is 11.2 Å². The van der Waals surface area contributed by atoms with Gasteiger partial charge in [-0.2, -0.15) is 0 Å². The summed E-state index contributed by atoms with van der Waals surface area (Å²) in [5.74, 6) is -0.996. The lowest BCUT2D eigenvalue weighted by Crippen LogP contribution is -2.62. The van der Waals surface area contributed by atoms with E-state index in [2.05, 4.69) is 0 Å². The summed E-state index contributed by atoms with van der Waals surface area (Å²) in [7, 11) is 0. The number of ether oxygens (including phenoxy) is 1. The highest BCUT2D eigenvalue weighted by molar-refractivity contribution is 5.30. The number of allylic oxidation sites excluding steroid dienone is 4. The average molecular weight is 350 g/mol. The molecule has 2 aliphatic carbocycles. The predicted octanol–water partition coefficient (Wildman–Crippen LogP) is 1.49. The third kappa shape index (κ3) is 3.52. The molecule has 5 heteroatoms. The Hall–Kier alpha value is -1.24. The fourth-order valence-corrected chi connectivity index (χ4v) is 3.89. The molecule has 0 bridgehead atoms. The first-order valence-electron chi connectivity index (χ1n) is 8.82. The monoisotopic (exact) mass is 350 g/mol. The molecule has 2 rings (SSSR count). The van der Waals surface area contributed by atoms with Gasteiger partial charge in [0.25, 0.3) is 0 Å². The minimum Gasteiger partial charge on any atom is -0.393 e. The van der Waals surface area contributed by atoms with Crippen LogP contribution in [0.4, 0.5) is 0 Å². The maximum atomic E-state index is 10.6. The van der Waals surface area contributed by atoms with Gasteiger partial charge in [-0.05, 0) is 39.8 Å². The van der Waals surface area contributed by atoms with Crippen molar-refractivity contribution < 1.29 is 25.2 Å². The van der Waals surface area contributed by atoms with Crippen molar-refractivity contribution in [2.45, 2.75) is 63.3 Å². The fourth-order valence-electron chi connectivity index (χ4n) is 3.89. The Bertz CT molecular complexity index is 523. The highest BCUT2D eigenvalue weighted by atomic mass is 16.6. The molecule has 0 heterocycles. The second-order valence-corrected chi connectivity index (χ2v) is 7.18. The zero-order valence-corrected chi connectivity index (χ0v) is 15.3. The van der Waals surface area contributed by atoms with Crippen molar-refractivity contribution >= 4 is 0 Å². The van der Waals surface area contributed by atoms with Crippen LogP contribution in [0.1, 0.15) is 27.7 Å². The summed E-state index contributed by atoms with van der Waals surface area (Å²) in [6, 6.07) is 0. The molecule has 8 unspecified atom stereocenters. The van der Waals surface area contributed by atoms with Crippen molar-refractivity contribution in [3.63, 3.8) is 0 Å². The van der Waals surface area contributed by atoms with Gasteiger partial charge in [0.05, 0.1) is 24.4 Å². The lowest BCUT2D eigenvalue weighted by molar-refractivity contribution is -0.232. The highest BCUT2D eigenvalue weighted by Gasteiger charge is 2.54. The number of hydrogen-bond acceptors (Lipinski definition) is 5. The van der Waals surface area contributed by atoms with E-state index in [1.807, 2.05) is 0 Å². The quantitative estimate of drug-likeness (QED) is 0.583. The van der Waals surface area contributed by atoms with Gasteiger partial charge in [-0.15, -0.1) is 0 Å². The van der Waals surface area contributed by atoms with Gasteiger partial charge in [-0.1, -0.05) is 36.5 Å². The van der Waals surface area contributed by atoms with Crippen LogP contribution in [0.3, 0.4) is 0 Å². The van der Waals surface area contributed by atoms with Crippen LogP contribution in [0.5, 0.6) is 0 Å². The second kappa shape index (κ2) is 7.56. The molecular weight excluding hydrogens is 320 g/mol. The smallest absolute Gasteiger partial charge is 0.122 e. The van der Waals surface area contributed by atoms with E-state index in [-0.39, 0.29) is 0 Å². The van der Waals surface area contributed by atoms with Crippen LogP contribution < -0.4 is 0 Å².